The molecular weight excluding hydrogens is 375 g/mol. The number of rotatable bonds is 6. The molecule has 0 fully saturated rings. The van der Waals surface area contributed by atoms with Crippen LogP contribution in [0.4, 0.5) is 4.39 Å². The van der Waals surface area contributed by atoms with Gasteiger partial charge in [-0.25, -0.2) is 12.8 Å². The molecule has 3 aromatic rings. The Balaban J connectivity index is 1.85. The number of thiophene rings is 1. The number of benzene rings is 1. The van der Waals surface area contributed by atoms with E-state index in [2.05, 4.69) is 10.3 Å². The topological polar surface area (TPSA) is 76.1 Å². The van der Waals surface area contributed by atoms with Gasteiger partial charge in [0.1, 0.15) is 15.3 Å². The van der Waals surface area contributed by atoms with Crippen LogP contribution in [0.1, 0.15) is 21.2 Å². The van der Waals surface area contributed by atoms with Gasteiger partial charge in [-0.05, 0) is 47.3 Å². The fraction of sp³-hybridized carbons (Fsp3) is 0.111. The molecule has 0 radical (unpaired) electrons. The minimum Gasteiger partial charge on any atom is -0.350 e. The number of nitrogens with one attached hydrogen (secondary N) is 1. The number of halogens is 1. The summed E-state index contributed by atoms with van der Waals surface area (Å²) in [5, 5.41) is 3.33. The second-order valence-corrected chi connectivity index (χ2v) is 8.77. The van der Waals surface area contributed by atoms with Gasteiger partial charge in [-0.1, -0.05) is 12.1 Å². The molecule has 5 nitrogen and oxygen atoms in total. The molecule has 8 heteroatoms. The van der Waals surface area contributed by atoms with Crippen LogP contribution in [-0.2, 0) is 9.84 Å². The van der Waals surface area contributed by atoms with Gasteiger partial charge in [-0.2, -0.15) is 0 Å². The minimum absolute atomic E-state index is 0.123. The predicted molar refractivity (Wildman–Crippen MR) is 97.2 cm³/mol. The van der Waals surface area contributed by atoms with E-state index in [-0.39, 0.29) is 16.3 Å². The Hall–Kier alpha value is -2.58. The second-order valence-electron chi connectivity index (χ2n) is 5.47. The highest BCUT2D eigenvalue weighted by molar-refractivity contribution is 7.93. The number of aromatic nitrogens is 1. The summed E-state index contributed by atoms with van der Waals surface area (Å²) < 4.78 is 39.1. The third-order valence-corrected chi connectivity index (χ3v) is 7.29. The van der Waals surface area contributed by atoms with E-state index in [1.54, 1.807) is 29.8 Å². The van der Waals surface area contributed by atoms with Crippen molar-refractivity contribution >= 4 is 27.1 Å². The molecule has 26 heavy (non-hydrogen) atoms. The van der Waals surface area contributed by atoms with E-state index in [0.29, 0.717) is 5.56 Å². The van der Waals surface area contributed by atoms with Crippen molar-refractivity contribution in [1.82, 2.24) is 10.3 Å². The third kappa shape index (κ3) is 3.97. The normalized spacial score (nSPS) is 12.5. The lowest BCUT2D eigenvalue weighted by atomic mass is 10.2. The Kier molecular flexibility index (Phi) is 5.43. The van der Waals surface area contributed by atoms with E-state index >= 15 is 0 Å². The largest absolute Gasteiger partial charge is 0.350 e. The highest BCUT2D eigenvalue weighted by Gasteiger charge is 2.30. The van der Waals surface area contributed by atoms with Crippen LogP contribution in [0.3, 0.4) is 0 Å². The van der Waals surface area contributed by atoms with Gasteiger partial charge in [0.25, 0.3) is 5.91 Å². The van der Waals surface area contributed by atoms with Gasteiger partial charge >= 0.3 is 0 Å². The molecule has 134 valence electrons. The van der Waals surface area contributed by atoms with Crippen LogP contribution in [0.2, 0.25) is 0 Å². The molecule has 0 unspecified atom stereocenters. The molecule has 1 aromatic carbocycles. The first-order valence-electron chi connectivity index (χ1n) is 7.69. The smallest absolute Gasteiger partial charge is 0.251 e. The van der Waals surface area contributed by atoms with Crippen molar-refractivity contribution in [3.05, 3.63) is 83.2 Å². The Morgan fingerprint density at radius 2 is 1.92 bits per heavy atom. The van der Waals surface area contributed by atoms with Gasteiger partial charge in [0.2, 0.25) is 0 Å². The summed E-state index contributed by atoms with van der Waals surface area (Å²) in [7, 11) is -3.69. The van der Waals surface area contributed by atoms with Crippen LogP contribution in [0.15, 0.2) is 70.5 Å². The van der Waals surface area contributed by atoms with Crippen LogP contribution in [0.5, 0.6) is 0 Å². The van der Waals surface area contributed by atoms with E-state index in [1.807, 2.05) is 0 Å². The Morgan fingerprint density at radius 1 is 1.15 bits per heavy atom. The monoisotopic (exact) mass is 390 g/mol. The van der Waals surface area contributed by atoms with E-state index in [9.17, 15) is 17.6 Å². The van der Waals surface area contributed by atoms with Crippen molar-refractivity contribution < 1.29 is 17.6 Å². The van der Waals surface area contributed by atoms with Gasteiger partial charge in [0, 0.05) is 24.5 Å². The van der Waals surface area contributed by atoms with Crippen LogP contribution < -0.4 is 5.32 Å². The van der Waals surface area contributed by atoms with Crippen LogP contribution in [0.25, 0.3) is 0 Å². The Labute approximate surface area is 154 Å². The fourth-order valence-electron chi connectivity index (χ4n) is 2.43. The van der Waals surface area contributed by atoms with Crippen LogP contribution in [-0.4, -0.2) is 25.9 Å². The molecule has 1 N–H and O–H groups in total. The molecule has 1 amide bonds. The number of carbonyl (C=O) groups is 1. The molecule has 2 aromatic heterocycles. The SMILES string of the molecule is O=C(NC[C@@H](c1cccnc1)S(=O)(=O)c1cccs1)c1ccc(F)cc1. The molecule has 1 atom stereocenters. The van der Waals surface area contributed by atoms with Gasteiger partial charge in [0.05, 0.1) is 0 Å². The summed E-state index contributed by atoms with van der Waals surface area (Å²) in [6.45, 7) is -0.123. The lowest BCUT2D eigenvalue weighted by Crippen LogP contribution is -2.31. The number of amides is 1. The number of hydrogen-bond acceptors (Lipinski definition) is 5. The first kappa shape index (κ1) is 18.2. The highest BCUT2D eigenvalue weighted by Crippen LogP contribution is 2.30. The standard InChI is InChI=1S/C18H15FN2O3S2/c19-15-7-5-13(6-8-15)18(22)21-12-16(14-3-1-9-20-11-14)26(23,24)17-4-2-10-25-17/h1-11,16H,12H2,(H,21,22)/t16-/m0/s1. The third-order valence-electron chi connectivity index (χ3n) is 3.76. The maximum atomic E-state index is 13.0. The minimum atomic E-state index is -3.69. The van der Waals surface area contributed by atoms with Crippen molar-refractivity contribution in [3.8, 4) is 0 Å². The van der Waals surface area contributed by atoms with Crippen LogP contribution in [0, 0.1) is 5.82 Å². The highest BCUT2D eigenvalue weighted by atomic mass is 32.2. The summed E-state index contributed by atoms with van der Waals surface area (Å²) >= 11 is 1.12. The van der Waals surface area contributed by atoms with Gasteiger partial charge in [0.15, 0.2) is 9.84 Å². The zero-order valence-corrected chi connectivity index (χ0v) is 15.1. The van der Waals surface area contributed by atoms with Crippen molar-refractivity contribution in [2.45, 2.75) is 9.46 Å². The average molecular weight is 390 g/mol. The summed E-state index contributed by atoms with van der Waals surface area (Å²) in [6.07, 6.45) is 3.02. The van der Waals surface area contributed by atoms with Gasteiger partial charge < -0.3 is 5.32 Å². The summed E-state index contributed by atoms with van der Waals surface area (Å²) in [5.74, 6) is -0.921. The van der Waals surface area contributed by atoms with Crippen molar-refractivity contribution in [2.24, 2.45) is 0 Å². The summed E-state index contributed by atoms with van der Waals surface area (Å²) in [6, 6.07) is 11.5. The van der Waals surface area contributed by atoms with Crippen molar-refractivity contribution in [2.75, 3.05) is 6.54 Å². The van der Waals surface area contributed by atoms with E-state index in [1.165, 1.54) is 36.5 Å². The first-order valence-corrected chi connectivity index (χ1v) is 10.1. The number of pyridine rings is 1. The first-order chi connectivity index (χ1) is 12.5. The molecule has 0 bridgehead atoms. The van der Waals surface area contributed by atoms with Gasteiger partial charge in [-0.15, -0.1) is 11.3 Å². The van der Waals surface area contributed by atoms with Crippen LogP contribution >= 0.6 is 11.3 Å². The molecule has 0 saturated carbocycles. The van der Waals surface area contributed by atoms with E-state index in [4.69, 9.17) is 0 Å². The Morgan fingerprint density at radius 3 is 2.54 bits per heavy atom. The molecular formula is C18H15FN2O3S2. The predicted octanol–water partition coefficient (Wildman–Crippen LogP) is 3.23. The molecule has 0 saturated heterocycles. The number of carbonyl (C=O) groups excluding carboxylic acids is 1. The maximum Gasteiger partial charge on any atom is 0.251 e. The molecule has 0 aliphatic rings. The van der Waals surface area contributed by atoms with E-state index < -0.39 is 26.8 Å². The van der Waals surface area contributed by atoms with Crippen molar-refractivity contribution in [1.29, 1.82) is 0 Å². The molecule has 0 aliphatic carbocycles. The number of sulfone groups is 1. The van der Waals surface area contributed by atoms with Gasteiger partial charge in [-0.3, -0.25) is 9.78 Å². The molecule has 0 spiro atoms. The molecule has 0 aliphatic heterocycles. The lowest BCUT2D eigenvalue weighted by molar-refractivity contribution is 0.0953. The molecule has 3 rings (SSSR count). The zero-order valence-electron chi connectivity index (χ0n) is 13.5. The molecule has 2 heterocycles. The summed E-state index contributed by atoms with van der Waals surface area (Å²) in [4.78, 5) is 16.2. The maximum absolute atomic E-state index is 13.0. The van der Waals surface area contributed by atoms with Crippen molar-refractivity contribution in [3.63, 3.8) is 0 Å². The quantitative estimate of drug-likeness (QED) is 0.701. The number of hydrogen-bond donors (Lipinski definition) is 1. The Bertz CT molecular complexity index is 973. The average Bonchev–Trinajstić information content (AvgIpc) is 3.18. The fourth-order valence-corrected chi connectivity index (χ4v) is 5.28. The zero-order chi connectivity index (χ0) is 18.6. The lowest BCUT2D eigenvalue weighted by Gasteiger charge is -2.17. The second kappa shape index (κ2) is 7.76. The number of nitrogens with zero attached hydrogens (tertiary/aromatic N) is 1. The summed E-state index contributed by atoms with van der Waals surface area (Å²) in [5.41, 5.74) is 0.741. The van der Waals surface area contributed by atoms with E-state index in [0.717, 1.165) is 11.3 Å².